The van der Waals surface area contributed by atoms with E-state index in [-0.39, 0.29) is 69.4 Å². The third-order valence-corrected chi connectivity index (χ3v) is 0. The van der Waals surface area contributed by atoms with Gasteiger partial charge in [-0.15, -0.1) is 0 Å². The van der Waals surface area contributed by atoms with Crippen LogP contribution in [0.3, 0.4) is 0 Å². The summed E-state index contributed by atoms with van der Waals surface area (Å²) >= 11 is 0. The minimum absolute atomic E-state index is 0. The van der Waals surface area contributed by atoms with Gasteiger partial charge in [-0.2, -0.15) is 0 Å². The molecule has 54 valence electrons. The zero-order chi connectivity index (χ0) is 5.41. The van der Waals surface area contributed by atoms with E-state index in [1.165, 1.54) is 0 Å². The maximum Gasteiger partial charge on any atom is 0.290 e. The van der Waals surface area contributed by atoms with Crippen LogP contribution < -0.4 is 0 Å². The van der Waals surface area contributed by atoms with Gasteiger partial charge >= 0.3 is 0 Å². The van der Waals surface area contributed by atoms with E-state index in [4.69, 9.17) is 19.8 Å². The van der Waals surface area contributed by atoms with Crippen LogP contribution in [0.2, 0.25) is 0 Å². The largest absolute Gasteiger partial charge is 0.483 e. The zero-order valence-corrected chi connectivity index (χ0v) is 8.05. The van der Waals surface area contributed by atoms with Crippen molar-refractivity contribution >= 4 is 58.4 Å². The Morgan fingerprint density at radius 1 is 0.889 bits per heavy atom. The predicted octanol–water partition coefficient (Wildman–Crippen LogP) is -2.63. The van der Waals surface area contributed by atoms with Crippen LogP contribution in [-0.2, 0) is 9.59 Å². The van der Waals surface area contributed by atoms with Gasteiger partial charge < -0.3 is 21.2 Å². The molecule has 0 amide bonds. The topological polar surface area (TPSA) is 138 Å². The number of hydrogen-bond acceptors (Lipinski definition) is 2. The molecule has 7 heteroatoms. The number of rotatable bonds is 0. The van der Waals surface area contributed by atoms with Crippen LogP contribution in [0, 0.1) is 0 Å². The van der Waals surface area contributed by atoms with E-state index < -0.39 is 0 Å². The first-order valence-corrected chi connectivity index (χ1v) is 0.988. The van der Waals surface area contributed by atoms with Gasteiger partial charge in [-0.3, -0.25) is 9.59 Å². The fourth-order valence-corrected chi connectivity index (χ4v) is 0. The van der Waals surface area contributed by atoms with E-state index in [1.807, 2.05) is 0 Å². The van der Waals surface area contributed by atoms with Gasteiger partial charge in [0.15, 0.2) is 0 Å². The van der Waals surface area contributed by atoms with Crippen molar-refractivity contribution in [3.8, 4) is 0 Å². The maximum atomic E-state index is 8.36. The maximum absolute atomic E-state index is 8.36. The van der Waals surface area contributed by atoms with E-state index in [1.54, 1.807) is 0 Å². The molecule has 0 fully saturated rings. The summed E-state index contributed by atoms with van der Waals surface area (Å²) in [5.74, 6) is 0. The zero-order valence-electron chi connectivity index (χ0n) is 4.57. The molecular formula is C2H8O6Sr. The smallest absolute Gasteiger partial charge is 0.290 e. The summed E-state index contributed by atoms with van der Waals surface area (Å²) in [5.41, 5.74) is 0. The SMILES string of the molecule is O.O.O=CO.O=CO.[Sr]. The molecule has 0 aliphatic rings. The van der Waals surface area contributed by atoms with Gasteiger partial charge in [0.25, 0.3) is 12.9 Å². The van der Waals surface area contributed by atoms with Gasteiger partial charge in [-0.25, -0.2) is 0 Å². The molecule has 0 bridgehead atoms. The Bertz CT molecular complexity index is 32.0. The minimum atomic E-state index is -0.250. The summed E-state index contributed by atoms with van der Waals surface area (Å²) in [4.78, 5) is 16.7. The molecule has 0 aromatic carbocycles. The Morgan fingerprint density at radius 2 is 0.889 bits per heavy atom. The van der Waals surface area contributed by atoms with E-state index in [9.17, 15) is 0 Å². The van der Waals surface area contributed by atoms with Crippen molar-refractivity contribution in [2.45, 2.75) is 0 Å². The van der Waals surface area contributed by atoms with Crippen molar-refractivity contribution in [3.05, 3.63) is 0 Å². The van der Waals surface area contributed by atoms with E-state index in [0.717, 1.165) is 0 Å². The Kier molecular flexibility index (Phi) is 314. The molecule has 6 N–H and O–H groups in total. The van der Waals surface area contributed by atoms with Crippen LogP contribution in [-0.4, -0.2) is 79.6 Å². The van der Waals surface area contributed by atoms with Gasteiger partial charge in [0.05, 0.1) is 0 Å². The molecule has 6 nitrogen and oxygen atoms in total. The average molecular weight is 216 g/mol. The van der Waals surface area contributed by atoms with Crippen molar-refractivity contribution in [2.24, 2.45) is 0 Å². The van der Waals surface area contributed by atoms with Gasteiger partial charge in [0, 0.05) is 45.5 Å². The minimum Gasteiger partial charge on any atom is -0.483 e. The Morgan fingerprint density at radius 3 is 0.889 bits per heavy atom. The van der Waals surface area contributed by atoms with E-state index >= 15 is 0 Å². The fourth-order valence-electron chi connectivity index (χ4n) is 0. The summed E-state index contributed by atoms with van der Waals surface area (Å²) in [6, 6.07) is 0. The normalized spacial score (nSPS) is 2.67. The van der Waals surface area contributed by atoms with Crippen molar-refractivity contribution in [1.82, 2.24) is 0 Å². The quantitative estimate of drug-likeness (QED) is 0.337. The van der Waals surface area contributed by atoms with Crippen molar-refractivity contribution in [1.29, 1.82) is 0 Å². The van der Waals surface area contributed by atoms with Crippen LogP contribution in [0.25, 0.3) is 0 Å². The molecule has 0 aliphatic heterocycles. The summed E-state index contributed by atoms with van der Waals surface area (Å²) < 4.78 is 0. The van der Waals surface area contributed by atoms with Crippen molar-refractivity contribution < 1.29 is 30.8 Å². The molecule has 0 saturated heterocycles. The molecule has 0 saturated carbocycles. The second-order valence-electron chi connectivity index (χ2n) is 0.211. The molecule has 0 rings (SSSR count). The summed E-state index contributed by atoms with van der Waals surface area (Å²) in [5, 5.41) is 13.8. The van der Waals surface area contributed by atoms with E-state index in [0.29, 0.717) is 0 Å². The van der Waals surface area contributed by atoms with Crippen LogP contribution >= 0.6 is 0 Å². The Balaban J connectivity index is -0.00000000889. The molecule has 0 aromatic rings. The van der Waals surface area contributed by atoms with Crippen LogP contribution in [0.15, 0.2) is 0 Å². The number of hydrogen-bond donors (Lipinski definition) is 2. The second-order valence-corrected chi connectivity index (χ2v) is 0.211. The first kappa shape index (κ1) is 34.5. The molecular weight excluding hydrogens is 208 g/mol. The molecule has 0 spiro atoms. The monoisotopic (exact) mass is 216 g/mol. The van der Waals surface area contributed by atoms with Gasteiger partial charge in [0.1, 0.15) is 0 Å². The van der Waals surface area contributed by atoms with Gasteiger partial charge in [-0.1, -0.05) is 0 Å². The third-order valence-electron chi connectivity index (χ3n) is 0. The molecule has 0 aliphatic carbocycles. The first-order valence-electron chi connectivity index (χ1n) is 0.988. The summed E-state index contributed by atoms with van der Waals surface area (Å²) in [7, 11) is 0. The molecule has 0 unspecified atom stereocenters. The Labute approximate surface area is 88.4 Å². The summed E-state index contributed by atoms with van der Waals surface area (Å²) in [6.07, 6.45) is 0. The fraction of sp³-hybridized carbons (Fsp3) is 0. The predicted molar refractivity (Wildman–Crippen MR) is 30.4 cm³/mol. The molecule has 0 atom stereocenters. The average Bonchev–Trinajstić information content (AvgIpc) is 1.39. The molecule has 2 radical (unpaired) electrons. The van der Waals surface area contributed by atoms with Crippen molar-refractivity contribution in [3.63, 3.8) is 0 Å². The second kappa shape index (κ2) is 82.0. The molecule has 0 aromatic heterocycles. The first-order chi connectivity index (χ1) is 2.83. The van der Waals surface area contributed by atoms with Crippen LogP contribution in [0.5, 0.6) is 0 Å². The Hall–Kier alpha value is 0.341. The standard InChI is InChI=1S/2CH2O2.2H2O.Sr/c2*2-1-3;;;/h2*1H,(H,2,3);2*1H2;. The summed E-state index contributed by atoms with van der Waals surface area (Å²) in [6.45, 7) is -0.500. The molecule has 0 heterocycles. The molecule has 9 heavy (non-hydrogen) atoms. The third kappa shape index (κ3) is 2890. The van der Waals surface area contributed by atoms with Crippen LogP contribution in [0.4, 0.5) is 0 Å². The number of carboxylic acid groups (broad SMARTS) is 2. The number of carbonyl (C=O) groups is 2. The van der Waals surface area contributed by atoms with Crippen LogP contribution in [0.1, 0.15) is 0 Å². The van der Waals surface area contributed by atoms with E-state index in [2.05, 4.69) is 0 Å². The van der Waals surface area contributed by atoms with Crippen molar-refractivity contribution in [2.75, 3.05) is 0 Å². The van der Waals surface area contributed by atoms with Gasteiger partial charge in [-0.05, 0) is 0 Å². The van der Waals surface area contributed by atoms with Gasteiger partial charge in [0.2, 0.25) is 0 Å².